The van der Waals surface area contributed by atoms with E-state index in [1.54, 1.807) is 18.2 Å². The number of hydrogen-bond acceptors (Lipinski definition) is 4. The van der Waals surface area contributed by atoms with Crippen molar-refractivity contribution in [1.82, 2.24) is 15.2 Å². The van der Waals surface area contributed by atoms with Gasteiger partial charge in [0.25, 0.3) is 0 Å². The highest BCUT2D eigenvalue weighted by Crippen LogP contribution is 2.15. The van der Waals surface area contributed by atoms with Crippen LogP contribution in [0, 0.1) is 0 Å². The van der Waals surface area contributed by atoms with E-state index in [0.29, 0.717) is 32.1 Å². The van der Waals surface area contributed by atoms with Crippen molar-refractivity contribution in [3.63, 3.8) is 0 Å². The minimum atomic E-state index is -0.0656. The van der Waals surface area contributed by atoms with Crippen molar-refractivity contribution in [2.75, 3.05) is 33.4 Å². The maximum atomic E-state index is 11.8. The van der Waals surface area contributed by atoms with Crippen LogP contribution in [-0.2, 0) is 4.74 Å². The van der Waals surface area contributed by atoms with Gasteiger partial charge in [-0.25, -0.2) is 9.78 Å². The molecule has 6 nitrogen and oxygen atoms in total. The normalized spacial score (nSPS) is 18.4. The second kappa shape index (κ2) is 6.94. The Balaban J connectivity index is 1.75. The molecule has 2 amide bonds. The fourth-order valence-corrected chi connectivity index (χ4v) is 1.97. The maximum Gasteiger partial charge on any atom is 0.317 e. The average molecular weight is 265 g/mol. The molecule has 19 heavy (non-hydrogen) atoms. The van der Waals surface area contributed by atoms with Crippen molar-refractivity contribution in [2.45, 2.75) is 12.5 Å². The van der Waals surface area contributed by atoms with Gasteiger partial charge in [-0.2, -0.15) is 0 Å². The molecule has 1 N–H and O–H groups in total. The van der Waals surface area contributed by atoms with E-state index < -0.39 is 0 Å². The Labute approximate surface area is 112 Å². The lowest BCUT2D eigenvalue weighted by molar-refractivity contribution is 0.174. The summed E-state index contributed by atoms with van der Waals surface area (Å²) in [6.45, 7) is 2.34. The summed E-state index contributed by atoms with van der Waals surface area (Å²) in [5.41, 5.74) is 0. The molecule has 1 unspecified atom stereocenters. The highest BCUT2D eigenvalue weighted by Gasteiger charge is 2.27. The minimum Gasteiger partial charge on any atom is -0.472 e. The van der Waals surface area contributed by atoms with Crippen LogP contribution in [0.25, 0.3) is 0 Å². The number of nitrogens with one attached hydrogen (secondary N) is 1. The predicted molar refractivity (Wildman–Crippen MR) is 70.1 cm³/mol. The van der Waals surface area contributed by atoms with E-state index in [0.717, 1.165) is 6.42 Å². The summed E-state index contributed by atoms with van der Waals surface area (Å²) >= 11 is 0. The molecule has 0 spiro atoms. The summed E-state index contributed by atoms with van der Waals surface area (Å²) in [5.74, 6) is 0.606. The largest absolute Gasteiger partial charge is 0.472 e. The van der Waals surface area contributed by atoms with Gasteiger partial charge >= 0.3 is 6.03 Å². The van der Waals surface area contributed by atoms with Crippen LogP contribution in [0.3, 0.4) is 0 Å². The molecule has 2 heterocycles. The van der Waals surface area contributed by atoms with Gasteiger partial charge in [0, 0.05) is 38.9 Å². The second-order valence-corrected chi connectivity index (χ2v) is 4.37. The molecule has 0 bridgehead atoms. The summed E-state index contributed by atoms with van der Waals surface area (Å²) in [6, 6.07) is 5.48. The number of urea groups is 1. The fraction of sp³-hybridized carbons (Fsp3) is 0.538. The molecule has 0 radical (unpaired) electrons. The van der Waals surface area contributed by atoms with Gasteiger partial charge in [0.2, 0.25) is 5.88 Å². The summed E-state index contributed by atoms with van der Waals surface area (Å²) < 4.78 is 10.6. The Kier molecular flexibility index (Phi) is 4.97. The van der Waals surface area contributed by atoms with E-state index in [1.807, 2.05) is 18.2 Å². The first-order valence-corrected chi connectivity index (χ1v) is 6.39. The van der Waals surface area contributed by atoms with Crippen LogP contribution in [0.1, 0.15) is 6.42 Å². The Hall–Kier alpha value is -1.82. The second-order valence-electron chi connectivity index (χ2n) is 4.37. The first kappa shape index (κ1) is 13.6. The number of nitrogens with zero attached hydrogens (tertiary/aromatic N) is 2. The molecule has 1 saturated heterocycles. The van der Waals surface area contributed by atoms with Crippen molar-refractivity contribution in [3.8, 4) is 5.88 Å². The Morgan fingerprint density at radius 1 is 1.58 bits per heavy atom. The van der Waals surface area contributed by atoms with Gasteiger partial charge in [-0.15, -0.1) is 0 Å². The van der Waals surface area contributed by atoms with Gasteiger partial charge < -0.3 is 19.7 Å². The molecule has 0 saturated carbocycles. The monoisotopic (exact) mass is 265 g/mol. The van der Waals surface area contributed by atoms with Gasteiger partial charge in [-0.1, -0.05) is 6.07 Å². The first-order chi connectivity index (χ1) is 9.29. The highest BCUT2D eigenvalue weighted by atomic mass is 16.5. The van der Waals surface area contributed by atoms with Crippen LogP contribution < -0.4 is 10.1 Å². The molecule has 104 valence electrons. The molecular weight excluding hydrogens is 246 g/mol. The SMILES string of the molecule is COCCNC(=O)N1CCC(Oc2ccccn2)C1. The smallest absolute Gasteiger partial charge is 0.317 e. The number of carbonyl (C=O) groups is 1. The van der Waals surface area contributed by atoms with Gasteiger partial charge in [-0.05, 0) is 6.07 Å². The Morgan fingerprint density at radius 3 is 3.21 bits per heavy atom. The van der Waals surface area contributed by atoms with Crippen molar-refractivity contribution in [3.05, 3.63) is 24.4 Å². The first-order valence-electron chi connectivity index (χ1n) is 6.39. The highest BCUT2D eigenvalue weighted by molar-refractivity contribution is 5.74. The van der Waals surface area contributed by atoms with Gasteiger partial charge in [0.1, 0.15) is 6.10 Å². The molecule has 2 rings (SSSR count). The van der Waals surface area contributed by atoms with E-state index in [1.165, 1.54) is 0 Å². The van der Waals surface area contributed by atoms with Crippen LogP contribution in [0.15, 0.2) is 24.4 Å². The van der Waals surface area contributed by atoms with E-state index in [4.69, 9.17) is 9.47 Å². The molecule has 1 fully saturated rings. The van der Waals surface area contributed by atoms with Crippen LogP contribution in [-0.4, -0.2) is 55.4 Å². The number of carbonyl (C=O) groups excluding carboxylic acids is 1. The number of ether oxygens (including phenoxy) is 2. The van der Waals surface area contributed by atoms with Crippen molar-refractivity contribution < 1.29 is 14.3 Å². The zero-order valence-electron chi connectivity index (χ0n) is 11.0. The standard InChI is InChI=1S/C13H19N3O3/c1-18-9-7-15-13(17)16-8-5-11(10-16)19-12-4-2-3-6-14-12/h2-4,6,11H,5,7-10H2,1H3,(H,15,17). The number of pyridine rings is 1. The lowest BCUT2D eigenvalue weighted by Gasteiger charge is -2.17. The minimum absolute atomic E-state index is 0.0167. The van der Waals surface area contributed by atoms with E-state index in [9.17, 15) is 4.79 Å². The zero-order valence-corrected chi connectivity index (χ0v) is 11.0. The third-order valence-electron chi connectivity index (χ3n) is 2.94. The Bertz CT molecular complexity index is 399. The molecule has 1 aromatic rings. The lowest BCUT2D eigenvalue weighted by atomic mass is 10.3. The van der Waals surface area contributed by atoms with Gasteiger partial charge in [0.05, 0.1) is 13.2 Å². The molecule has 1 aliphatic heterocycles. The number of amides is 2. The zero-order chi connectivity index (χ0) is 13.5. The van der Waals surface area contributed by atoms with Gasteiger partial charge in [0.15, 0.2) is 0 Å². The van der Waals surface area contributed by atoms with Crippen LogP contribution in [0.2, 0.25) is 0 Å². The van der Waals surface area contributed by atoms with E-state index in [-0.39, 0.29) is 12.1 Å². The quantitative estimate of drug-likeness (QED) is 0.803. The van der Waals surface area contributed by atoms with Crippen molar-refractivity contribution in [1.29, 1.82) is 0 Å². The molecule has 0 aliphatic carbocycles. The molecule has 0 aromatic carbocycles. The fourth-order valence-electron chi connectivity index (χ4n) is 1.97. The topological polar surface area (TPSA) is 63.7 Å². The molecule has 1 aromatic heterocycles. The van der Waals surface area contributed by atoms with E-state index >= 15 is 0 Å². The average Bonchev–Trinajstić information content (AvgIpc) is 2.89. The molecular formula is C13H19N3O3. The number of likely N-dealkylation sites (tertiary alicyclic amines) is 1. The third kappa shape index (κ3) is 4.10. The summed E-state index contributed by atoms with van der Waals surface area (Å²) in [4.78, 5) is 17.7. The van der Waals surface area contributed by atoms with Crippen molar-refractivity contribution >= 4 is 6.03 Å². The predicted octanol–water partition coefficient (Wildman–Crippen LogP) is 0.891. The van der Waals surface area contributed by atoms with Crippen LogP contribution >= 0.6 is 0 Å². The summed E-state index contributed by atoms with van der Waals surface area (Å²) in [5, 5.41) is 2.80. The summed E-state index contributed by atoms with van der Waals surface area (Å²) in [6.07, 6.45) is 2.54. The third-order valence-corrected chi connectivity index (χ3v) is 2.94. The number of hydrogen-bond donors (Lipinski definition) is 1. The summed E-state index contributed by atoms with van der Waals surface area (Å²) in [7, 11) is 1.61. The van der Waals surface area contributed by atoms with Crippen LogP contribution in [0.4, 0.5) is 4.79 Å². The number of aromatic nitrogens is 1. The van der Waals surface area contributed by atoms with E-state index in [2.05, 4.69) is 10.3 Å². The molecule has 1 atom stereocenters. The van der Waals surface area contributed by atoms with Gasteiger partial charge in [-0.3, -0.25) is 0 Å². The van der Waals surface area contributed by atoms with Crippen molar-refractivity contribution in [2.24, 2.45) is 0 Å². The maximum absolute atomic E-state index is 11.8. The Morgan fingerprint density at radius 2 is 2.47 bits per heavy atom. The number of rotatable bonds is 5. The molecule has 6 heteroatoms. The number of methoxy groups -OCH3 is 1. The van der Waals surface area contributed by atoms with Crippen LogP contribution in [0.5, 0.6) is 5.88 Å². The molecule has 1 aliphatic rings. The lowest BCUT2D eigenvalue weighted by Crippen LogP contribution is -2.40.